The number of carbonyl (C=O) groups is 2. The summed E-state index contributed by atoms with van der Waals surface area (Å²) < 4.78 is 33.1. The van der Waals surface area contributed by atoms with E-state index in [0.29, 0.717) is 11.6 Å². The van der Waals surface area contributed by atoms with Crippen LogP contribution in [0.5, 0.6) is 0 Å². The quantitative estimate of drug-likeness (QED) is 0.686. The Labute approximate surface area is 171 Å². The van der Waals surface area contributed by atoms with E-state index in [9.17, 15) is 18.4 Å². The van der Waals surface area contributed by atoms with Crippen LogP contribution in [0.25, 0.3) is 0 Å². The molecule has 0 N–H and O–H groups in total. The van der Waals surface area contributed by atoms with Gasteiger partial charge in [-0.15, -0.1) is 0 Å². The maximum atomic E-state index is 14.2. The molecule has 10 heteroatoms. The van der Waals surface area contributed by atoms with Crippen molar-refractivity contribution >= 4 is 35.1 Å². The first-order valence-corrected chi connectivity index (χ1v) is 9.10. The molecule has 1 atom stereocenters. The van der Waals surface area contributed by atoms with E-state index in [2.05, 4.69) is 9.97 Å². The number of rotatable bonds is 2. The van der Waals surface area contributed by atoms with Crippen LogP contribution in [0.4, 0.5) is 25.1 Å². The van der Waals surface area contributed by atoms with Crippen LogP contribution >= 0.6 is 11.6 Å². The van der Waals surface area contributed by atoms with Gasteiger partial charge in [-0.05, 0) is 26.8 Å². The number of hydrogen-bond donors (Lipinski definition) is 0. The summed E-state index contributed by atoms with van der Waals surface area (Å²) in [6.07, 6.45) is 2.11. The summed E-state index contributed by atoms with van der Waals surface area (Å²) in [6, 6.07) is 0.580. The molecule has 7 nitrogen and oxygen atoms in total. The highest BCUT2D eigenvalue weighted by molar-refractivity contribution is 6.31. The lowest BCUT2D eigenvalue weighted by Gasteiger charge is -2.30. The van der Waals surface area contributed by atoms with Crippen LogP contribution < -0.4 is 9.80 Å². The van der Waals surface area contributed by atoms with Gasteiger partial charge in [-0.3, -0.25) is 4.79 Å². The molecule has 1 aromatic heterocycles. The van der Waals surface area contributed by atoms with E-state index in [-0.39, 0.29) is 22.9 Å². The largest absolute Gasteiger partial charge is 0.443 e. The van der Waals surface area contributed by atoms with Crippen molar-refractivity contribution in [1.29, 1.82) is 0 Å². The minimum absolute atomic E-state index is 0.120. The first-order valence-electron chi connectivity index (χ1n) is 8.73. The molecule has 0 saturated heterocycles. The summed E-state index contributed by atoms with van der Waals surface area (Å²) in [5, 5.41) is -0.328. The number of ether oxygens (including phenoxy) is 1. The molecular weight excluding hydrogens is 406 g/mol. The van der Waals surface area contributed by atoms with Crippen LogP contribution in [0.15, 0.2) is 24.7 Å². The van der Waals surface area contributed by atoms with Crippen LogP contribution in [0.1, 0.15) is 26.3 Å². The van der Waals surface area contributed by atoms with E-state index >= 15 is 0 Å². The van der Waals surface area contributed by atoms with Gasteiger partial charge in [-0.1, -0.05) is 11.6 Å². The number of halogens is 3. The fourth-order valence-corrected chi connectivity index (χ4v) is 3.15. The molecule has 1 aliphatic heterocycles. The van der Waals surface area contributed by atoms with Crippen molar-refractivity contribution in [2.45, 2.75) is 38.8 Å². The van der Waals surface area contributed by atoms with Crippen LogP contribution in [0.2, 0.25) is 5.02 Å². The molecular formula is C19H19ClF2N4O3. The molecule has 1 aromatic carbocycles. The van der Waals surface area contributed by atoms with E-state index in [1.54, 1.807) is 20.8 Å². The molecule has 2 amide bonds. The third-order valence-electron chi connectivity index (χ3n) is 4.27. The highest BCUT2D eigenvalue weighted by atomic mass is 35.5. The Hall–Kier alpha value is -2.81. The van der Waals surface area contributed by atoms with Gasteiger partial charge in [0.15, 0.2) is 0 Å². The number of nitrogens with zero attached hydrogens (tertiary/aromatic N) is 4. The second-order valence-electron chi connectivity index (χ2n) is 7.56. The molecule has 0 spiro atoms. The Bertz CT molecular complexity index is 980. The summed E-state index contributed by atoms with van der Waals surface area (Å²) in [7, 11) is 1.32. The molecule has 1 unspecified atom stereocenters. The van der Waals surface area contributed by atoms with Crippen molar-refractivity contribution in [3.05, 3.63) is 46.9 Å². The number of likely N-dealkylation sites (N-methyl/N-ethyl adjacent to an activating group) is 1. The lowest BCUT2D eigenvalue weighted by Crippen LogP contribution is -2.50. The molecule has 2 aromatic rings. The highest BCUT2D eigenvalue weighted by Gasteiger charge is 2.43. The number of anilines is 2. The van der Waals surface area contributed by atoms with Crippen molar-refractivity contribution < 1.29 is 23.1 Å². The Balaban J connectivity index is 1.96. The van der Waals surface area contributed by atoms with Crippen LogP contribution in [-0.4, -0.2) is 40.7 Å². The normalized spacial score (nSPS) is 15.8. The fraction of sp³-hybridized carbons (Fsp3) is 0.368. The number of amides is 2. The summed E-state index contributed by atoms with van der Waals surface area (Å²) in [6.45, 7) is 5.09. The Morgan fingerprint density at radius 3 is 2.62 bits per heavy atom. The first-order chi connectivity index (χ1) is 13.5. The number of carbonyl (C=O) groups excluding carboxylic acids is 2. The molecule has 0 radical (unpaired) electrons. The van der Waals surface area contributed by atoms with E-state index in [1.807, 2.05) is 0 Å². The fourth-order valence-electron chi connectivity index (χ4n) is 2.99. The smallest absolute Gasteiger partial charge is 0.416 e. The SMILES string of the molecule is CN(C(=O)C1Cc2cncnc2N1C(=O)OC(C)(C)C)c1cc(Cl)c(F)cc1F. The molecule has 0 saturated carbocycles. The third kappa shape index (κ3) is 4.14. The predicted octanol–water partition coefficient (Wildman–Crippen LogP) is 3.74. The maximum Gasteiger partial charge on any atom is 0.416 e. The number of fused-ring (bicyclic) bond motifs is 1. The summed E-state index contributed by atoms with van der Waals surface area (Å²) in [4.78, 5) is 36.1. The van der Waals surface area contributed by atoms with Crippen molar-refractivity contribution in [2.75, 3.05) is 16.8 Å². The number of hydrogen-bond acceptors (Lipinski definition) is 5. The molecule has 0 bridgehead atoms. The molecule has 2 heterocycles. The minimum atomic E-state index is -1.04. The van der Waals surface area contributed by atoms with Crippen LogP contribution in [0.3, 0.4) is 0 Å². The molecule has 29 heavy (non-hydrogen) atoms. The van der Waals surface area contributed by atoms with E-state index < -0.39 is 35.3 Å². The van der Waals surface area contributed by atoms with E-state index in [4.69, 9.17) is 16.3 Å². The monoisotopic (exact) mass is 424 g/mol. The van der Waals surface area contributed by atoms with Gasteiger partial charge in [-0.25, -0.2) is 28.4 Å². The summed E-state index contributed by atoms with van der Waals surface area (Å²) in [5.41, 5.74) is -0.446. The van der Waals surface area contributed by atoms with Gasteiger partial charge in [0.05, 0.1) is 10.7 Å². The Kier molecular flexibility index (Phi) is 5.44. The molecule has 1 aliphatic rings. The van der Waals surface area contributed by atoms with Gasteiger partial charge >= 0.3 is 6.09 Å². The van der Waals surface area contributed by atoms with Gasteiger partial charge in [0.25, 0.3) is 5.91 Å². The van der Waals surface area contributed by atoms with E-state index in [0.717, 1.165) is 15.9 Å². The third-order valence-corrected chi connectivity index (χ3v) is 4.56. The van der Waals surface area contributed by atoms with Gasteiger partial charge in [0, 0.05) is 31.3 Å². The van der Waals surface area contributed by atoms with Gasteiger partial charge in [-0.2, -0.15) is 0 Å². The maximum absolute atomic E-state index is 14.2. The zero-order valence-corrected chi connectivity index (χ0v) is 17.0. The summed E-state index contributed by atoms with van der Waals surface area (Å²) in [5.74, 6) is -2.26. The topological polar surface area (TPSA) is 75.6 Å². The zero-order valence-electron chi connectivity index (χ0n) is 16.2. The first kappa shape index (κ1) is 20.9. The standard InChI is InChI=1S/C19H19ClF2N4O3/c1-19(2,3)29-18(28)26-15(5-10-8-23-9-24-16(10)26)17(27)25(4)14-6-11(20)12(21)7-13(14)22/h6-9,15H,5H2,1-4H3. The van der Waals surface area contributed by atoms with Crippen LogP contribution in [-0.2, 0) is 16.0 Å². The van der Waals surface area contributed by atoms with Crippen molar-refractivity contribution in [3.63, 3.8) is 0 Å². The second kappa shape index (κ2) is 7.55. The van der Waals surface area contributed by atoms with Crippen molar-refractivity contribution in [3.8, 4) is 0 Å². The van der Waals surface area contributed by atoms with Gasteiger partial charge in [0.2, 0.25) is 0 Å². The Morgan fingerprint density at radius 2 is 1.97 bits per heavy atom. The lowest BCUT2D eigenvalue weighted by atomic mass is 10.1. The highest BCUT2D eigenvalue weighted by Crippen LogP contribution is 2.33. The molecule has 0 fully saturated rings. The lowest BCUT2D eigenvalue weighted by molar-refractivity contribution is -0.119. The molecule has 154 valence electrons. The predicted molar refractivity (Wildman–Crippen MR) is 103 cm³/mol. The minimum Gasteiger partial charge on any atom is -0.443 e. The zero-order chi connectivity index (χ0) is 21.5. The average molecular weight is 425 g/mol. The van der Waals surface area contributed by atoms with Crippen LogP contribution in [0, 0.1) is 11.6 Å². The molecule has 0 aliphatic carbocycles. The molecule has 3 rings (SSSR count). The number of aromatic nitrogens is 2. The van der Waals surface area contributed by atoms with Gasteiger partial charge in [0.1, 0.15) is 35.4 Å². The van der Waals surface area contributed by atoms with Crippen molar-refractivity contribution in [2.24, 2.45) is 0 Å². The van der Waals surface area contributed by atoms with Crippen molar-refractivity contribution in [1.82, 2.24) is 9.97 Å². The number of benzene rings is 1. The van der Waals surface area contributed by atoms with Gasteiger partial charge < -0.3 is 9.64 Å². The second-order valence-corrected chi connectivity index (χ2v) is 7.96. The summed E-state index contributed by atoms with van der Waals surface area (Å²) >= 11 is 5.74. The average Bonchev–Trinajstić information content (AvgIpc) is 3.01. The van der Waals surface area contributed by atoms with E-state index in [1.165, 1.54) is 19.6 Å². The Morgan fingerprint density at radius 1 is 1.28 bits per heavy atom.